The van der Waals surface area contributed by atoms with Gasteiger partial charge >= 0.3 is 0 Å². The monoisotopic (exact) mass is 320 g/mol. The van der Waals surface area contributed by atoms with Gasteiger partial charge in [0, 0.05) is 0 Å². The number of aromatic nitrogens is 1. The molecule has 0 spiro atoms. The van der Waals surface area contributed by atoms with Crippen LogP contribution < -0.4 is 10.1 Å². The second-order valence-electron chi connectivity index (χ2n) is 4.42. The van der Waals surface area contributed by atoms with Gasteiger partial charge < -0.3 is 10.1 Å². The van der Waals surface area contributed by atoms with Crippen LogP contribution in [0.4, 0.5) is 10.1 Å². The van der Waals surface area contributed by atoms with Crippen molar-refractivity contribution in [1.82, 2.24) is 4.98 Å². The largest absolute Gasteiger partial charge is 0.493 e. The van der Waals surface area contributed by atoms with Crippen LogP contribution >= 0.6 is 11.8 Å². The molecule has 1 N–H and O–H groups in total. The highest BCUT2D eigenvalue weighted by Gasteiger charge is 2.04. The molecule has 116 valence electrons. The van der Waals surface area contributed by atoms with E-state index in [1.807, 2.05) is 12.1 Å². The van der Waals surface area contributed by atoms with Crippen molar-refractivity contribution in [2.75, 3.05) is 17.7 Å². The Morgan fingerprint density at radius 3 is 2.68 bits per heavy atom. The zero-order valence-corrected chi connectivity index (χ0v) is 13.0. The second kappa shape index (κ2) is 8.38. The highest BCUT2D eigenvalue weighted by molar-refractivity contribution is 7.99. The number of carbonyl (C=O) groups excluding carboxylic acids is 1. The van der Waals surface area contributed by atoms with E-state index in [-0.39, 0.29) is 24.8 Å². The fraction of sp³-hybridized carbons (Fsp3) is 0.250. The summed E-state index contributed by atoms with van der Waals surface area (Å²) in [7, 11) is 0. The van der Waals surface area contributed by atoms with Crippen LogP contribution in [-0.4, -0.2) is 23.3 Å². The number of ether oxygens (including phenoxy) is 1. The van der Waals surface area contributed by atoms with Gasteiger partial charge in [0.2, 0.25) is 5.91 Å². The first-order chi connectivity index (χ1) is 10.7. The van der Waals surface area contributed by atoms with E-state index in [0.29, 0.717) is 11.4 Å². The predicted octanol–water partition coefficient (Wildman–Crippen LogP) is 3.74. The van der Waals surface area contributed by atoms with Gasteiger partial charge in [0.25, 0.3) is 0 Å². The molecule has 1 aromatic carbocycles. The normalized spacial score (nSPS) is 10.3. The molecular weight excluding hydrogens is 303 g/mol. The maximum atomic E-state index is 12.7. The Balaban J connectivity index is 1.74. The van der Waals surface area contributed by atoms with E-state index in [0.717, 1.165) is 10.8 Å². The molecule has 4 nitrogen and oxygen atoms in total. The minimum atomic E-state index is -0.317. The van der Waals surface area contributed by atoms with Gasteiger partial charge in [-0.1, -0.05) is 6.92 Å². The van der Waals surface area contributed by atoms with Gasteiger partial charge in [0.05, 0.1) is 29.9 Å². The van der Waals surface area contributed by atoms with Gasteiger partial charge in [-0.15, -0.1) is 11.8 Å². The third-order valence-electron chi connectivity index (χ3n) is 2.72. The first-order valence-corrected chi connectivity index (χ1v) is 7.93. The summed E-state index contributed by atoms with van der Waals surface area (Å²) in [6.45, 7) is 2.29. The molecule has 1 aromatic heterocycles. The summed E-state index contributed by atoms with van der Waals surface area (Å²) in [6, 6.07) is 9.39. The van der Waals surface area contributed by atoms with Gasteiger partial charge in [-0.2, -0.15) is 0 Å². The van der Waals surface area contributed by atoms with Crippen LogP contribution in [0.2, 0.25) is 0 Å². The molecule has 6 heteroatoms. The lowest BCUT2D eigenvalue weighted by atomic mass is 10.3. The number of amides is 1. The van der Waals surface area contributed by atoms with Crippen LogP contribution in [0.15, 0.2) is 47.6 Å². The molecule has 0 atom stereocenters. The molecule has 0 unspecified atom stereocenters. The molecule has 0 aliphatic rings. The standard InChI is InChI=1S/C16H17FN2O2S/c1-2-22-16-8-5-13(11-18-16)19-15(20)9-10-21-14-6-3-12(17)4-7-14/h3-8,11H,2,9-10H2,1H3,(H,19,20). The number of halogens is 1. The molecule has 0 bridgehead atoms. The van der Waals surface area contributed by atoms with E-state index in [4.69, 9.17) is 4.74 Å². The van der Waals surface area contributed by atoms with E-state index in [1.54, 1.807) is 18.0 Å². The van der Waals surface area contributed by atoms with Crippen molar-refractivity contribution >= 4 is 23.4 Å². The number of carbonyl (C=O) groups is 1. The number of benzene rings is 1. The Morgan fingerprint density at radius 1 is 1.27 bits per heavy atom. The number of nitrogens with one attached hydrogen (secondary N) is 1. The lowest BCUT2D eigenvalue weighted by Gasteiger charge is -2.07. The molecule has 0 saturated carbocycles. The Bertz CT molecular complexity index is 603. The Labute approximate surface area is 133 Å². The van der Waals surface area contributed by atoms with Gasteiger partial charge in [-0.05, 0) is 42.2 Å². The van der Waals surface area contributed by atoms with Crippen molar-refractivity contribution in [3.63, 3.8) is 0 Å². The number of anilines is 1. The molecule has 0 fully saturated rings. The van der Waals surface area contributed by atoms with Crippen LogP contribution in [0.1, 0.15) is 13.3 Å². The van der Waals surface area contributed by atoms with Crippen molar-refractivity contribution in [2.45, 2.75) is 18.4 Å². The molecule has 0 aliphatic carbocycles. The lowest BCUT2D eigenvalue weighted by Crippen LogP contribution is -2.15. The average Bonchev–Trinajstić information content (AvgIpc) is 2.51. The number of pyridine rings is 1. The maximum Gasteiger partial charge on any atom is 0.227 e. The number of rotatable bonds is 7. The van der Waals surface area contributed by atoms with Crippen LogP contribution in [0.5, 0.6) is 5.75 Å². The van der Waals surface area contributed by atoms with E-state index >= 15 is 0 Å². The van der Waals surface area contributed by atoms with Crippen LogP contribution in [0, 0.1) is 5.82 Å². The summed E-state index contributed by atoms with van der Waals surface area (Å²) in [4.78, 5) is 16.0. The Morgan fingerprint density at radius 2 is 2.05 bits per heavy atom. The highest BCUT2D eigenvalue weighted by Crippen LogP contribution is 2.16. The summed E-state index contributed by atoms with van der Waals surface area (Å²) in [5.41, 5.74) is 0.659. The van der Waals surface area contributed by atoms with Crippen LogP contribution in [-0.2, 0) is 4.79 Å². The summed E-state index contributed by atoms with van der Waals surface area (Å²) < 4.78 is 18.1. The van der Waals surface area contributed by atoms with E-state index in [1.165, 1.54) is 24.3 Å². The van der Waals surface area contributed by atoms with Crippen molar-refractivity contribution in [1.29, 1.82) is 0 Å². The minimum absolute atomic E-state index is 0.153. The van der Waals surface area contributed by atoms with E-state index in [9.17, 15) is 9.18 Å². The second-order valence-corrected chi connectivity index (χ2v) is 5.70. The SMILES string of the molecule is CCSc1ccc(NC(=O)CCOc2ccc(F)cc2)cn1. The topological polar surface area (TPSA) is 51.2 Å². The van der Waals surface area contributed by atoms with Crippen molar-refractivity contribution in [2.24, 2.45) is 0 Å². The van der Waals surface area contributed by atoms with Crippen molar-refractivity contribution in [3.8, 4) is 5.75 Å². The van der Waals surface area contributed by atoms with E-state index < -0.39 is 0 Å². The molecule has 1 amide bonds. The van der Waals surface area contributed by atoms with E-state index in [2.05, 4.69) is 17.2 Å². The van der Waals surface area contributed by atoms with Gasteiger partial charge in [0.1, 0.15) is 11.6 Å². The summed E-state index contributed by atoms with van der Waals surface area (Å²) in [5, 5.41) is 3.69. The zero-order valence-electron chi connectivity index (χ0n) is 12.2. The van der Waals surface area contributed by atoms with Crippen molar-refractivity contribution in [3.05, 3.63) is 48.4 Å². The number of hydrogen-bond acceptors (Lipinski definition) is 4. The molecule has 1 heterocycles. The van der Waals surface area contributed by atoms with Crippen molar-refractivity contribution < 1.29 is 13.9 Å². The highest BCUT2D eigenvalue weighted by atomic mass is 32.2. The van der Waals surface area contributed by atoms with Crippen LogP contribution in [0.25, 0.3) is 0 Å². The molecular formula is C16H17FN2O2S. The molecule has 0 radical (unpaired) electrons. The maximum absolute atomic E-state index is 12.7. The third kappa shape index (κ3) is 5.37. The molecule has 0 aliphatic heterocycles. The van der Waals surface area contributed by atoms with Gasteiger partial charge in [0.15, 0.2) is 0 Å². The number of nitrogens with zero attached hydrogens (tertiary/aromatic N) is 1. The summed E-state index contributed by atoms with van der Waals surface area (Å²) in [5.74, 6) is 1.03. The number of thioether (sulfide) groups is 1. The quantitative estimate of drug-likeness (QED) is 0.790. The fourth-order valence-corrected chi connectivity index (χ4v) is 2.29. The minimum Gasteiger partial charge on any atom is -0.493 e. The summed E-state index contributed by atoms with van der Waals surface area (Å²) >= 11 is 1.64. The average molecular weight is 320 g/mol. The zero-order chi connectivity index (χ0) is 15.8. The fourth-order valence-electron chi connectivity index (χ4n) is 1.70. The molecule has 2 aromatic rings. The molecule has 2 rings (SSSR count). The predicted molar refractivity (Wildman–Crippen MR) is 85.8 cm³/mol. The first-order valence-electron chi connectivity index (χ1n) is 6.94. The Hall–Kier alpha value is -2.08. The third-order valence-corrected chi connectivity index (χ3v) is 3.55. The molecule has 22 heavy (non-hydrogen) atoms. The van der Waals surface area contributed by atoms with Gasteiger partial charge in [-0.3, -0.25) is 4.79 Å². The molecule has 0 saturated heterocycles. The Kier molecular flexibility index (Phi) is 6.21. The first kappa shape index (κ1) is 16.3. The smallest absolute Gasteiger partial charge is 0.227 e. The lowest BCUT2D eigenvalue weighted by molar-refractivity contribution is -0.116. The van der Waals surface area contributed by atoms with Gasteiger partial charge in [-0.25, -0.2) is 9.37 Å². The summed E-state index contributed by atoms with van der Waals surface area (Å²) in [6.07, 6.45) is 1.85. The van der Waals surface area contributed by atoms with Crippen LogP contribution in [0.3, 0.4) is 0 Å². The number of hydrogen-bond donors (Lipinski definition) is 1.